The Morgan fingerprint density at radius 1 is 1.18 bits per heavy atom. The maximum absolute atomic E-state index is 13.3. The van der Waals surface area contributed by atoms with Gasteiger partial charge in [0.05, 0.1) is 11.1 Å². The van der Waals surface area contributed by atoms with E-state index < -0.39 is 17.3 Å². The van der Waals surface area contributed by atoms with Crippen molar-refractivity contribution < 1.29 is 18.0 Å². The van der Waals surface area contributed by atoms with E-state index in [1.54, 1.807) is 17.0 Å². The Kier molecular flexibility index (Phi) is 6.05. The number of anilines is 1. The van der Waals surface area contributed by atoms with Gasteiger partial charge in [-0.1, -0.05) is 6.07 Å². The summed E-state index contributed by atoms with van der Waals surface area (Å²) in [4.78, 5) is 22.6. The number of nitrogens with zero attached hydrogens (tertiary/aromatic N) is 7. The van der Waals surface area contributed by atoms with E-state index >= 15 is 0 Å². The van der Waals surface area contributed by atoms with Crippen molar-refractivity contribution in [3.8, 4) is 6.07 Å². The first kappa shape index (κ1) is 23.0. The Morgan fingerprint density at radius 2 is 1.91 bits per heavy atom. The number of benzene rings is 1. The van der Waals surface area contributed by atoms with Crippen molar-refractivity contribution in [2.45, 2.75) is 44.9 Å². The normalized spacial score (nSPS) is 19.0. The summed E-state index contributed by atoms with van der Waals surface area (Å²) in [6.45, 7) is 7.41. The molecule has 2 aliphatic rings. The number of hydrogen-bond donors (Lipinski definition) is 0. The molecule has 0 atom stereocenters. The second-order valence-corrected chi connectivity index (χ2v) is 9.12. The molecule has 8 nitrogen and oxygen atoms in total. The SMILES string of the molecule is CC1(C)CN(Cc2ccc(C(F)(F)F)cc2N2CCCC2)CCN1C(=O)n1cnc(C#N)n1. The first-order chi connectivity index (χ1) is 15.6. The number of alkyl halides is 3. The number of nitriles is 1. The molecule has 2 saturated heterocycles. The van der Waals surface area contributed by atoms with Gasteiger partial charge in [-0.05, 0) is 44.4 Å². The van der Waals surface area contributed by atoms with Gasteiger partial charge in [0.25, 0.3) is 5.82 Å². The number of hydrogen-bond acceptors (Lipinski definition) is 6. The standard InChI is InChI=1S/C22H26F3N7O/c1-21(2)14-29(9-10-31(21)20(33)32-15-27-19(12-26)28-32)13-16-5-6-17(22(23,24)25)11-18(16)30-7-3-4-8-30/h5-6,11,15H,3-4,7-10,13-14H2,1-2H3. The number of carbonyl (C=O) groups excluding carboxylic acids is 1. The summed E-state index contributed by atoms with van der Waals surface area (Å²) in [6, 6.07) is 5.45. The zero-order chi connectivity index (χ0) is 23.8. The minimum absolute atomic E-state index is 0.0727. The monoisotopic (exact) mass is 461 g/mol. The molecule has 2 aliphatic heterocycles. The lowest BCUT2D eigenvalue weighted by Gasteiger charge is -2.47. The number of halogens is 3. The minimum atomic E-state index is -4.38. The molecule has 0 bridgehead atoms. The lowest BCUT2D eigenvalue weighted by molar-refractivity contribution is -0.137. The average molecular weight is 461 g/mol. The molecule has 1 amide bonds. The van der Waals surface area contributed by atoms with Gasteiger partial charge in [0.1, 0.15) is 12.4 Å². The van der Waals surface area contributed by atoms with Crippen molar-refractivity contribution in [1.82, 2.24) is 24.6 Å². The maximum atomic E-state index is 13.3. The molecule has 2 fully saturated rings. The van der Waals surface area contributed by atoms with Crippen LogP contribution in [0, 0.1) is 11.3 Å². The van der Waals surface area contributed by atoms with Crippen LogP contribution in [0.15, 0.2) is 24.5 Å². The zero-order valence-electron chi connectivity index (χ0n) is 18.6. The first-order valence-corrected chi connectivity index (χ1v) is 10.9. The molecule has 0 spiro atoms. The van der Waals surface area contributed by atoms with Crippen molar-refractivity contribution in [2.75, 3.05) is 37.6 Å². The van der Waals surface area contributed by atoms with Crippen LogP contribution in [0.4, 0.5) is 23.7 Å². The van der Waals surface area contributed by atoms with Gasteiger partial charge in [-0.15, -0.1) is 5.10 Å². The molecular weight excluding hydrogens is 435 g/mol. The number of aromatic nitrogens is 3. The highest BCUT2D eigenvalue weighted by molar-refractivity contribution is 5.76. The second kappa shape index (κ2) is 8.67. The third kappa shape index (κ3) is 4.80. The molecule has 4 rings (SSSR count). The Labute approximate surface area is 190 Å². The summed E-state index contributed by atoms with van der Waals surface area (Å²) in [5, 5.41) is 12.8. The quantitative estimate of drug-likeness (QED) is 0.698. The summed E-state index contributed by atoms with van der Waals surface area (Å²) >= 11 is 0. The molecule has 3 heterocycles. The number of carbonyl (C=O) groups is 1. The molecule has 0 saturated carbocycles. The van der Waals surface area contributed by atoms with Crippen LogP contribution in [-0.4, -0.2) is 68.9 Å². The van der Waals surface area contributed by atoms with Gasteiger partial charge in [-0.3, -0.25) is 4.90 Å². The van der Waals surface area contributed by atoms with Crippen LogP contribution >= 0.6 is 0 Å². The van der Waals surface area contributed by atoms with Gasteiger partial charge in [0, 0.05) is 45.0 Å². The van der Waals surface area contributed by atoms with E-state index in [1.807, 2.05) is 18.7 Å². The second-order valence-electron chi connectivity index (χ2n) is 9.12. The van der Waals surface area contributed by atoms with Crippen LogP contribution < -0.4 is 4.90 Å². The third-order valence-corrected chi connectivity index (χ3v) is 6.25. The van der Waals surface area contributed by atoms with E-state index in [1.165, 1.54) is 12.4 Å². The Bertz CT molecular complexity index is 1070. The summed E-state index contributed by atoms with van der Waals surface area (Å²) in [5.74, 6) is -0.0727. The minimum Gasteiger partial charge on any atom is -0.371 e. The molecular formula is C22H26F3N7O. The van der Waals surface area contributed by atoms with Crippen molar-refractivity contribution in [3.63, 3.8) is 0 Å². The van der Waals surface area contributed by atoms with Crippen LogP contribution in [0.3, 0.4) is 0 Å². The zero-order valence-corrected chi connectivity index (χ0v) is 18.6. The van der Waals surface area contributed by atoms with E-state index in [0.717, 1.165) is 42.2 Å². The highest BCUT2D eigenvalue weighted by atomic mass is 19.4. The van der Waals surface area contributed by atoms with Crippen LogP contribution in [0.1, 0.15) is 43.6 Å². The van der Waals surface area contributed by atoms with Gasteiger partial charge in [-0.2, -0.15) is 23.1 Å². The fraction of sp³-hybridized carbons (Fsp3) is 0.545. The Hall–Kier alpha value is -3.13. The first-order valence-electron chi connectivity index (χ1n) is 10.9. The van der Waals surface area contributed by atoms with Crippen LogP contribution in [-0.2, 0) is 12.7 Å². The molecule has 0 unspecified atom stereocenters. The predicted molar refractivity (Wildman–Crippen MR) is 114 cm³/mol. The summed E-state index contributed by atoms with van der Waals surface area (Å²) < 4.78 is 41.1. The highest BCUT2D eigenvalue weighted by Gasteiger charge is 2.38. The van der Waals surface area contributed by atoms with Crippen LogP contribution in [0.2, 0.25) is 0 Å². The summed E-state index contributed by atoms with van der Waals surface area (Å²) in [5.41, 5.74) is 0.322. The molecule has 0 radical (unpaired) electrons. The maximum Gasteiger partial charge on any atom is 0.416 e. The van der Waals surface area contributed by atoms with Crippen molar-refractivity contribution in [3.05, 3.63) is 41.5 Å². The van der Waals surface area contributed by atoms with Gasteiger partial charge in [0.2, 0.25) is 0 Å². The fourth-order valence-electron chi connectivity index (χ4n) is 4.64. The molecule has 33 heavy (non-hydrogen) atoms. The van der Waals surface area contributed by atoms with Crippen molar-refractivity contribution in [1.29, 1.82) is 5.26 Å². The third-order valence-electron chi connectivity index (χ3n) is 6.25. The van der Waals surface area contributed by atoms with E-state index in [-0.39, 0.29) is 11.9 Å². The molecule has 176 valence electrons. The molecule has 2 aromatic rings. The molecule has 1 aromatic heterocycles. The molecule has 0 aliphatic carbocycles. The number of piperazine rings is 1. The summed E-state index contributed by atoms with van der Waals surface area (Å²) in [7, 11) is 0. The lowest BCUT2D eigenvalue weighted by Crippen LogP contribution is -2.61. The number of amides is 1. The van der Waals surface area contributed by atoms with Crippen molar-refractivity contribution >= 4 is 11.7 Å². The Balaban J connectivity index is 1.51. The molecule has 0 N–H and O–H groups in total. The summed E-state index contributed by atoms with van der Waals surface area (Å²) in [6.07, 6.45) is -1.21. The van der Waals surface area contributed by atoms with Gasteiger partial charge in [-0.25, -0.2) is 9.78 Å². The number of rotatable bonds is 3. The smallest absolute Gasteiger partial charge is 0.371 e. The fourth-order valence-corrected chi connectivity index (χ4v) is 4.64. The van der Waals surface area contributed by atoms with E-state index in [2.05, 4.69) is 15.0 Å². The topological polar surface area (TPSA) is 81.3 Å². The van der Waals surface area contributed by atoms with E-state index in [0.29, 0.717) is 31.9 Å². The van der Waals surface area contributed by atoms with Gasteiger partial charge < -0.3 is 9.80 Å². The van der Waals surface area contributed by atoms with Crippen molar-refractivity contribution in [2.24, 2.45) is 0 Å². The lowest BCUT2D eigenvalue weighted by atomic mass is 9.98. The highest BCUT2D eigenvalue weighted by Crippen LogP contribution is 2.35. The average Bonchev–Trinajstić information content (AvgIpc) is 3.44. The molecule has 1 aromatic carbocycles. The van der Waals surface area contributed by atoms with Crippen LogP contribution in [0.5, 0.6) is 0 Å². The van der Waals surface area contributed by atoms with E-state index in [4.69, 9.17) is 5.26 Å². The predicted octanol–water partition coefficient (Wildman–Crippen LogP) is 3.33. The Morgan fingerprint density at radius 3 is 2.52 bits per heavy atom. The van der Waals surface area contributed by atoms with Crippen LogP contribution in [0.25, 0.3) is 0 Å². The largest absolute Gasteiger partial charge is 0.416 e. The van der Waals surface area contributed by atoms with E-state index in [9.17, 15) is 18.0 Å². The van der Waals surface area contributed by atoms with Gasteiger partial charge >= 0.3 is 12.2 Å². The molecule has 11 heteroatoms. The van der Waals surface area contributed by atoms with Gasteiger partial charge in [0.15, 0.2) is 0 Å².